The summed E-state index contributed by atoms with van der Waals surface area (Å²) in [5.41, 5.74) is 6.43. The van der Waals surface area contributed by atoms with Crippen LogP contribution in [0.25, 0.3) is 0 Å². The Morgan fingerprint density at radius 2 is 2.05 bits per heavy atom. The van der Waals surface area contributed by atoms with E-state index in [-0.39, 0.29) is 11.7 Å². The minimum atomic E-state index is -4.71. The van der Waals surface area contributed by atoms with E-state index in [4.69, 9.17) is 10.5 Å². The van der Waals surface area contributed by atoms with Crippen molar-refractivity contribution in [1.29, 1.82) is 0 Å². The molecule has 1 aliphatic heterocycles. The highest BCUT2D eigenvalue weighted by molar-refractivity contribution is 5.36. The maximum atomic E-state index is 12.3. The number of hydrogen-bond donors (Lipinski definition) is 1. The predicted molar refractivity (Wildman–Crippen MR) is 63.6 cm³/mol. The highest BCUT2D eigenvalue weighted by Gasteiger charge is 2.33. The molecule has 0 aliphatic carbocycles. The van der Waals surface area contributed by atoms with Crippen molar-refractivity contribution in [1.82, 2.24) is 0 Å². The van der Waals surface area contributed by atoms with Crippen molar-refractivity contribution in [2.45, 2.75) is 25.2 Å². The topological polar surface area (TPSA) is 44.5 Å². The van der Waals surface area contributed by atoms with Gasteiger partial charge in [-0.1, -0.05) is 18.2 Å². The van der Waals surface area contributed by atoms with Gasteiger partial charge in [-0.25, -0.2) is 0 Å². The SMILES string of the molecule is NC(c1ccccc1OC(F)(F)F)C1CCCOC1. The van der Waals surface area contributed by atoms with Crippen molar-refractivity contribution >= 4 is 0 Å². The van der Waals surface area contributed by atoms with Gasteiger partial charge in [-0.3, -0.25) is 0 Å². The predicted octanol–water partition coefficient (Wildman–Crippen LogP) is 3.01. The molecule has 6 heteroatoms. The molecule has 1 aromatic carbocycles. The molecule has 1 aromatic rings. The fraction of sp³-hybridized carbons (Fsp3) is 0.538. The third kappa shape index (κ3) is 3.84. The van der Waals surface area contributed by atoms with Gasteiger partial charge in [0, 0.05) is 24.1 Å². The maximum Gasteiger partial charge on any atom is 0.573 e. The van der Waals surface area contributed by atoms with E-state index in [9.17, 15) is 13.2 Å². The lowest BCUT2D eigenvalue weighted by molar-refractivity contribution is -0.275. The van der Waals surface area contributed by atoms with Gasteiger partial charge < -0.3 is 15.2 Å². The van der Waals surface area contributed by atoms with Crippen molar-refractivity contribution in [3.05, 3.63) is 29.8 Å². The fourth-order valence-corrected chi connectivity index (χ4v) is 2.28. The third-order valence-electron chi connectivity index (χ3n) is 3.21. The third-order valence-corrected chi connectivity index (χ3v) is 3.21. The second kappa shape index (κ2) is 5.79. The van der Waals surface area contributed by atoms with Gasteiger partial charge >= 0.3 is 6.36 Å². The first-order valence-electron chi connectivity index (χ1n) is 6.15. The summed E-state index contributed by atoms with van der Waals surface area (Å²) in [5, 5.41) is 0. The van der Waals surface area contributed by atoms with Crippen LogP contribution in [0, 0.1) is 5.92 Å². The lowest BCUT2D eigenvalue weighted by atomic mass is 9.89. The minimum Gasteiger partial charge on any atom is -0.405 e. The molecule has 1 saturated heterocycles. The molecule has 2 unspecified atom stereocenters. The van der Waals surface area contributed by atoms with Crippen molar-refractivity contribution in [2.24, 2.45) is 11.7 Å². The van der Waals surface area contributed by atoms with Crippen LogP contribution in [0.2, 0.25) is 0 Å². The maximum absolute atomic E-state index is 12.3. The van der Waals surface area contributed by atoms with Gasteiger partial charge in [-0.05, 0) is 18.9 Å². The van der Waals surface area contributed by atoms with Crippen molar-refractivity contribution in [3.63, 3.8) is 0 Å². The largest absolute Gasteiger partial charge is 0.573 e. The van der Waals surface area contributed by atoms with Gasteiger partial charge in [-0.15, -0.1) is 13.2 Å². The van der Waals surface area contributed by atoms with E-state index in [1.54, 1.807) is 12.1 Å². The quantitative estimate of drug-likeness (QED) is 0.922. The Hall–Kier alpha value is -1.27. The summed E-state index contributed by atoms with van der Waals surface area (Å²) >= 11 is 0. The van der Waals surface area contributed by atoms with E-state index < -0.39 is 12.4 Å². The Labute approximate surface area is 109 Å². The minimum absolute atomic E-state index is 0.0201. The number of halogens is 3. The second-order valence-corrected chi connectivity index (χ2v) is 4.59. The van der Waals surface area contributed by atoms with Gasteiger partial charge in [0.1, 0.15) is 5.75 Å². The molecule has 2 N–H and O–H groups in total. The van der Waals surface area contributed by atoms with Crippen LogP contribution < -0.4 is 10.5 Å². The lowest BCUT2D eigenvalue weighted by Crippen LogP contribution is -2.30. The number of hydrogen-bond acceptors (Lipinski definition) is 3. The van der Waals surface area contributed by atoms with Crippen LogP contribution in [0.3, 0.4) is 0 Å². The summed E-state index contributed by atoms with van der Waals surface area (Å²) in [6, 6.07) is 5.49. The van der Waals surface area contributed by atoms with Crippen LogP contribution in [0.1, 0.15) is 24.4 Å². The molecule has 0 spiro atoms. The van der Waals surface area contributed by atoms with Gasteiger partial charge in [0.05, 0.1) is 6.61 Å². The van der Waals surface area contributed by atoms with Crippen molar-refractivity contribution in [3.8, 4) is 5.75 Å². The summed E-state index contributed by atoms with van der Waals surface area (Å²) < 4.78 is 46.4. The van der Waals surface area contributed by atoms with Crippen LogP contribution in [0.4, 0.5) is 13.2 Å². The number of alkyl halides is 3. The zero-order chi connectivity index (χ0) is 13.9. The van der Waals surface area contributed by atoms with Crippen molar-refractivity contribution < 1.29 is 22.6 Å². The van der Waals surface area contributed by atoms with Crippen LogP contribution in [0.5, 0.6) is 5.75 Å². The Kier molecular flexibility index (Phi) is 4.31. The average Bonchev–Trinajstić information content (AvgIpc) is 2.38. The monoisotopic (exact) mass is 275 g/mol. The molecule has 106 valence electrons. The highest BCUT2D eigenvalue weighted by Crippen LogP contribution is 2.34. The van der Waals surface area contributed by atoms with E-state index in [1.807, 2.05) is 0 Å². The van der Waals surface area contributed by atoms with Gasteiger partial charge in [-0.2, -0.15) is 0 Å². The molecule has 0 radical (unpaired) electrons. The van der Waals surface area contributed by atoms with Crippen LogP contribution in [-0.4, -0.2) is 19.6 Å². The fourth-order valence-electron chi connectivity index (χ4n) is 2.28. The first-order chi connectivity index (χ1) is 8.97. The molecule has 1 heterocycles. The first kappa shape index (κ1) is 14.1. The normalized spacial score (nSPS) is 22.0. The second-order valence-electron chi connectivity index (χ2n) is 4.59. The lowest BCUT2D eigenvalue weighted by Gasteiger charge is -2.28. The summed E-state index contributed by atoms with van der Waals surface area (Å²) in [5.74, 6) is -0.209. The number of rotatable bonds is 3. The summed E-state index contributed by atoms with van der Waals surface area (Å²) in [7, 11) is 0. The Morgan fingerprint density at radius 1 is 1.32 bits per heavy atom. The number of benzene rings is 1. The van der Waals surface area contributed by atoms with Crippen LogP contribution >= 0.6 is 0 Å². The molecule has 0 aromatic heterocycles. The molecular formula is C13H16F3NO2. The molecule has 19 heavy (non-hydrogen) atoms. The summed E-state index contributed by atoms with van der Waals surface area (Å²) in [4.78, 5) is 0. The molecule has 2 rings (SSSR count). The highest BCUT2D eigenvalue weighted by atomic mass is 19.4. The standard InChI is InChI=1S/C13H16F3NO2/c14-13(15,16)19-11-6-2-1-5-10(11)12(17)9-4-3-7-18-8-9/h1-2,5-6,9,12H,3-4,7-8,17H2. The molecule has 0 amide bonds. The van der Waals surface area contributed by atoms with Crippen molar-refractivity contribution in [2.75, 3.05) is 13.2 Å². The van der Waals surface area contributed by atoms with Crippen LogP contribution in [-0.2, 0) is 4.74 Å². The van der Waals surface area contributed by atoms with Gasteiger partial charge in [0.15, 0.2) is 0 Å². The Balaban J connectivity index is 2.18. The number of nitrogens with two attached hydrogens (primary N) is 1. The number of ether oxygens (including phenoxy) is 2. The molecule has 1 fully saturated rings. The van der Waals surface area contributed by atoms with E-state index in [0.717, 1.165) is 12.8 Å². The van der Waals surface area contributed by atoms with Gasteiger partial charge in [0.2, 0.25) is 0 Å². The van der Waals surface area contributed by atoms with E-state index in [1.165, 1.54) is 12.1 Å². The molecule has 2 atom stereocenters. The zero-order valence-corrected chi connectivity index (χ0v) is 10.3. The molecule has 1 aliphatic rings. The molecule has 0 saturated carbocycles. The molecule has 3 nitrogen and oxygen atoms in total. The molecular weight excluding hydrogens is 259 g/mol. The van der Waals surface area contributed by atoms with E-state index in [2.05, 4.69) is 4.74 Å². The zero-order valence-electron chi connectivity index (χ0n) is 10.3. The number of para-hydroxylation sites is 1. The summed E-state index contributed by atoms with van der Waals surface area (Å²) in [6.45, 7) is 1.16. The summed E-state index contributed by atoms with van der Waals surface area (Å²) in [6.07, 6.45) is -2.99. The van der Waals surface area contributed by atoms with E-state index >= 15 is 0 Å². The van der Waals surface area contributed by atoms with Crippen LogP contribution in [0.15, 0.2) is 24.3 Å². The Morgan fingerprint density at radius 3 is 2.68 bits per heavy atom. The first-order valence-corrected chi connectivity index (χ1v) is 6.15. The molecule has 0 bridgehead atoms. The van der Waals surface area contributed by atoms with Gasteiger partial charge in [0.25, 0.3) is 0 Å². The smallest absolute Gasteiger partial charge is 0.405 e. The Bertz CT molecular complexity index is 417. The average molecular weight is 275 g/mol. The van der Waals surface area contributed by atoms with E-state index in [0.29, 0.717) is 18.8 Å².